The van der Waals surface area contributed by atoms with E-state index in [0.29, 0.717) is 18.4 Å². The number of hydrogen-bond acceptors (Lipinski definition) is 2. The highest BCUT2D eigenvalue weighted by Crippen LogP contribution is 2.09. The number of carbonyl (C=O) groups excluding carboxylic acids is 1. The minimum atomic E-state index is 0.325. The van der Waals surface area contributed by atoms with Crippen molar-refractivity contribution >= 4 is 5.91 Å². The summed E-state index contributed by atoms with van der Waals surface area (Å²) >= 11 is 0. The van der Waals surface area contributed by atoms with Gasteiger partial charge in [0.1, 0.15) is 0 Å². The van der Waals surface area contributed by atoms with Gasteiger partial charge in [0, 0.05) is 32.1 Å². The molecule has 0 aliphatic carbocycles. The highest BCUT2D eigenvalue weighted by molar-refractivity contribution is 5.76. The zero-order valence-electron chi connectivity index (χ0n) is 11.7. The van der Waals surface area contributed by atoms with Gasteiger partial charge in [-0.2, -0.15) is 0 Å². The van der Waals surface area contributed by atoms with Crippen LogP contribution >= 0.6 is 0 Å². The third-order valence-corrected chi connectivity index (χ3v) is 3.47. The lowest BCUT2D eigenvalue weighted by Gasteiger charge is -2.17. The van der Waals surface area contributed by atoms with E-state index in [1.165, 1.54) is 25.7 Å². The second kappa shape index (κ2) is 7.70. The Morgan fingerprint density at radius 2 is 1.82 bits per heavy atom. The third kappa shape index (κ3) is 6.06. The number of hydrogen-bond donors (Lipinski definition) is 1. The van der Waals surface area contributed by atoms with Crippen molar-refractivity contribution < 1.29 is 4.79 Å². The molecule has 1 fully saturated rings. The van der Waals surface area contributed by atoms with Crippen molar-refractivity contribution in [1.29, 1.82) is 0 Å². The standard InChI is InChI=1S/C14H28N2O/c1-12(2)6-7-13(3)15-9-8-14(17)16-10-4-5-11-16/h12-13,15H,4-11H2,1-3H3. The van der Waals surface area contributed by atoms with E-state index in [-0.39, 0.29) is 0 Å². The quantitative estimate of drug-likeness (QED) is 0.741. The van der Waals surface area contributed by atoms with Crippen LogP contribution in [0.5, 0.6) is 0 Å². The van der Waals surface area contributed by atoms with Crippen molar-refractivity contribution in [2.75, 3.05) is 19.6 Å². The molecule has 0 aromatic rings. The number of rotatable bonds is 7. The third-order valence-electron chi connectivity index (χ3n) is 3.47. The van der Waals surface area contributed by atoms with Gasteiger partial charge >= 0.3 is 0 Å². The highest BCUT2D eigenvalue weighted by Gasteiger charge is 2.17. The summed E-state index contributed by atoms with van der Waals surface area (Å²) in [6.45, 7) is 9.49. The molecule has 0 aromatic carbocycles. The Kier molecular flexibility index (Phi) is 6.56. The maximum absolute atomic E-state index is 11.8. The molecule has 0 aromatic heterocycles. The molecule has 1 unspecified atom stereocenters. The second-order valence-electron chi connectivity index (χ2n) is 5.66. The van der Waals surface area contributed by atoms with Crippen LogP contribution in [-0.2, 0) is 4.79 Å². The summed E-state index contributed by atoms with van der Waals surface area (Å²) in [5, 5.41) is 3.44. The summed E-state index contributed by atoms with van der Waals surface area (Å²) < 4.78 is 0. The van der Waals surface area contributed by atoms with Gasteiger partial charge in [0.15, 0.2) is 0 Å². The van der Waals surface area contributed by atoms with Crippen LogP contribution in [-0.4, -0.2) is 36.5 Å². The van der Waals surface area contributed by atoms with E-state index in [2.05, 4.69) is 26.1 Å². The smallest absolute Gasteiger partial charge is 0.223 e. The Morgan fingerprint density at radius 1 is 1.18 bits per heavy atom. The van der Waals surface area contributed by atoms with Crippen LogP contribution in [0.25, 0.3) is 0 Å². The minimum Gasteiger partial charge on any atom is -0.343 e. The molecule has 1 aliphatic heterocycles. The lowest BCUT2D eigenvalue weighted by atomic mass is 10.0. The van der Waals surface area contributed by atoms with E-state index < -0.39 is 0 Å². The van der Waals surface area contributed by atoms with Crippen molar-refractivity contribution in [2.45, 2.75) is 58.9 Å². The van der Waals surface area contributed by atoms with Gasteiger partial charge < -0.3 is 10.2 Å². The predicted molar refractivity (Wildman–Crippen MR) is 72.0 cm³/mol. The van der Waals surface area contributed by atoms with Gasteiger partial charge in [0.2, 0.25) is 5.91 Å². The molecule has 1 atom stereocenters. The molecule has 1 amide bonds. The van der Waals surface area contributed by atoms with Gasteiger partial charge in [-0.3, -0.25) is 4.79 Å². The molecule has 1 N–H and O–H groups in total. The lowest BCUT2D eigenvalue weighted by Crippen LogP contribution is -2.33. The first-order chi connectivity index (χ1) is 8.09. The number of nitrogens with zero attached hydrogens (tertiary/aromatic N) is 1. The monoisotopic (exact) mass is 240 g/mol. The average Bonchev–Trinajstić information content (AvgIpc) is 2.79. The summed E-state index contributed by atoms with van der Waals surface area (Å²) in [7, 11) is 0. The molecule has 3 nitrogen and oxygen atoms in total. The first kappa shape index (κ1) is 14.5. The fourth-order valence-corrected chi connectivity index (χ4v) is 2.24. The Hall–Kier alpha value is -0.570. The molecule has 0 bridgehead atoms. The second-order valence-corrected chi connectivity index (χ2v) is 5.66. The van der Waals surface area contributed by atoms with Crippen LogP contribution < -0.4 is 5.32 Å². The first-order valence-electron chi connectivity index (χ1n) is 7.10. The van der Waals surface area contributed by atoms with Crippen LogP contribution in [0.15, 0.2) is 0 Å². The molecule has 0 saturated carbocycles. The first-order valence-corrected chi connectivity index (χ1v) is 7.10. The van der Waals surface area contributed by atoms with Crippen LogP contribution in [0.2, 0.25) is 0 Å². The zero-order valence-corrected chi connectivity index (χ0v) is 11.7. The van der Waals surface area contributed by atoms with Gasteiger partial charge in [-0.15, -0.1) is 0 Å². The Balaban J connectivity index is 2.04. The van der Waals surface area contributed by atoms with Gasteiger partial charge in [0.25, 0.3) is 0 Å². The topological polar surface area (TPSA) is 32.3 Å². The zero-order chi connectivity index (χ0) is 12.7. The summed E-state index contributed by atoms with van der Waals surface area (Å²) in [4.78, 5) is 13.8. The number of likely N-dealkylation sites (tertiary alicyclic amines) is 1. The molecule has 1 saturated heterocycles. The largest absolute Gasteiger partial charge is 0.343 e. The maximum atomic E-state index is 11.8. The molecule has 1 rings (SSSR count). The Morgan fingerprint density at radius 3 is 2.41 bits per heavy atom. The molecule has 100 valence electrons. The number of amides is 1. The minimum absolute atomic E-state index is 0.325. The molecular formula is C14H28N2O. The van der Waals surface area contributed by atoms with Gasteiger partial charge in [-0.25, -0.2) is 0 Å². The van der Waals surface area contributed by atoms with E-state index in [0.717, 1.165) is 25.6 Å². The van der Waals surface area contributed by atoms with Crippen molar-refractivity contribution in [2.24, 2.45) is 5.92 Å². The van der Waals surface area contributed by atoms with Crippen LogP contribution in [0, 0.1) is 5.92 Å². The van der Waals surface area contributed by atoms with Gasteiger partial charge in [-0.05, 0) is 38.5 Å². The van der Waals surface area contributed by atoms with E-state index in [1.54, 1.807) is 0 Å². The Bertz CT molecular complexity index is 222. The summed E-state index contributed by atoms with van der Waals surface area (Å²) in [5.74, 6) is 1.09. The van der Waals surface area contributed by atoms with E-state index in [9.17, 15) is 4.79 Å². The maximum Gasteiger partial charge on any atom is 0.223 e. The van der Waals surface area contributed by atoms with E-state index >= 15 is 0 Å². The van der Waals surface area contributed by atoms with Crippen molar-refractivity contribution in [3.05, 3.63) is 0 Å². The van der Waals surface area contributed by atoms with Crippen molar-refractivity contribution in [3.63, 3.8) is 0 Å². The number of nitrogens with one attached hydrogen (secondary N) is 1. The molecule has 0 radical (unpaired) electrons. The van der Waals surface area contributed by atoms with Crippen molar-refractivity contribution in [1.82, 2.24) is 10.2 Å². The van der Waals surface area contributed by atoms with Gasteiger partial charge in [0.05, 0.1) is 0 Å². The van der Waals surface area contributed by atoms with Gasteiger partial charge in [-0.1, -0.05) is 13.8 Å². The normalized spacial score (nSPS) is 17.8. The molecule has 1 aliphatic rings. The summed E-state index contributed by atoms with van der Waals surface area (Å²) in [5.41, 5.74) is 0. The van der Waals surface area contributed by atoms with Crippen LogP contribution in [0.1, 0.15) is 52.9 Å². The summed E-state index contributed by atoms with van der Waals surface area (Å²) in [6.07, 6.45) is 5.49. The van der Waals surface area contributed by atoms with Crippen LogP contribution in [0.3, 0.4) is 0 Å². The highest BCUT2D eigenvalue weighted by atomic mass is 16.2. The predicted octanol–water partition coefficient (Wildman–Crippen LogP) is 2.41. The fraction of sp³-hybridized carbons (Fsp3) is 0.929. The van der Waals surface area contributed by atoms with Crippen molar-refractivity contribution in [3.8, 4) is 0 Å². The van der Waals surface area contributed by atoms with E-state index in [1.807, 2.05) is 4.90 Å². The fourth-order valence-electron chi connectivity index (χ4n) is 2.24. The van der Waals surface area contributed by atoms with Crippen LogP contribution in [0.4, 0.5) is 0 Å². The molecule has 17 heavy (non-hydrogen) atoms. The summed E-state index contributed by atoms with van der Waals surface area (Å²) in [6, 6.07) is 0.531. The lowest BCUT2D eigenvalue weighted by molar-refractivity contribution is -0.130. The molecule has 1 heterocycles. The Labute approximate surface area is 106 Å². The molecule has 0 spiro atoms. The van der Waals surface area contributed by atoms with E-state index in [4.69, 9.17) is 0 Å². The molecule has 3 heteroatoms. The number of carbonyl (C=O) groups is 1. The SMILES string of the molecule is CC(C)CCC(C)NCCC(=O)N1CCCC1. The molecular weight excluding hydrogens is 212 g/mol. The average molecular weight is 240 g/mol.